The Morgan fingerprint density at radius 1 is 1.05 bits per heavy atom. The maximum absolute atomic E-state index is 13.0. The van der Waals surface area contributed by atoms with Crippen molar-refractivity contribution in [3.63, 3.8) is 0 Å². The predicted octanol–water partition coefficient (Wildman–Crippen LogP) is 6.66. The Hall–Kier alpha value is -4.19. The summed E-state index contributed by atoms with van der Waals surface area (Å²) in [5.74, 6) is 1.14. The minimum Gasteiger partial charge on any atom is -0.507 e. The topological polar surface area (TPSA) is 74.2 Å². The van der Waals surface area contributed by atoms with Gasteiger partial charge in [-0.3, -0.25) is 0 Å². The third-order valence-electron chi connectivity index (χ3n) is 5.89. The zero-order valence-electron chi connectivity index (χ0n) is 21.6. The van der Waals surface area contributed by atoms with E-state index >= 15 is 0 Å². The van der Waals surface area contributed by atoms with E-state index in [0.717, 1.165) is 12.0 Å². The quantitative estimate of drug-likeness (QED) is 0.201. The van der Waals surface area contributed by atoms with Crippen LogP contribution in [-0.2, 0) is 16.1 Å². The normalized spacial score (nSPS) is 13.9. The number of ether oxygens (including phenoxy) is 4. The summed E-state index contributed by atoms with van der Waals surface area (Å²) in [4.78, 5) is 13.0. The van der Waals surface area contributed by atoms with Crippen LogP contribution >= 0.6 is 0 Å². The van der Waals surface area contributed by atoms with E-state index in [4.69, 9.17) is 18.9 Å². The van der Waals surface area contributed by atoms with Gasteiger partial charge < -0.3 is 24.1 Å². The van der Waals surface area contributed by atoms with Gasteiger partial charge in [-0.05, 0) is 68.3 Å². The molecule has 1 aliphatic rings. The molecule has 0 radical (unpaired) electrons. The Balaban J connectivity index is 1.77. The lowest BCUT2D eigenvalue weighted by Gasteiger charge is -2.28. The molecule has 0 atom stereocenters. The molecule has 0 spiro atoms. The van der Waals surface area contributed by atoms with Crippen molar-refractivity contribution < 1.29 is 28.8 Å². The number of hydrogen-bond acceptors (Lipinski definition) is 6. The number of hydrogen-bond donors (Lipinski definition) is 1. The van der Waals surface area contributed by atoms with E-state index in [-0.39, 0.29) is 11.3 Å². The minimum absolute atomic E-state index is 0.0142. The Bertz CT molecular complexity index is 1320. The van der Waals surface area contributed by atoms with Gasteiger partial charge in [0.25, 0.3) is 0 Å². The summed E-state index contributed by atoms with van der Waals surface area (Å²) >= 11 is 0. The molecule has 1 aliphatic heterocycles. The molecule has 0 saturated carbocycles. The maximum atomic E-state index is 13.0. The molecule has 4 rings (SSSR count). The summed E-state index contributed by atoms with van der Waals surface area (Å²) < 4.78 is 23.1. The Morgan fingerprint density at radius 3 is 2.57 bits per heavy atom. The molecule has 192 valence electrons. The van der Waals surface area contributed by atoms with E-state index in [1.807, 2.05) is 63.3 Å². The van der Waals surface area contributed by atoms with E-state index in [2.05, 4.69) is 0 Å². The highest BCUT2D eigenvalue weighted by Gasteiger charge is 2.25. The fourth-order valence-electron chi connectivity index (χ4n) is 3.98. The highest BCUT2D eigenvalue weighted by Crippen LogP contribution is 2.40. The molecule has 6 nitrogen and oxygen atoms in total. The van der Waals surface area contributed by atoms with Gasteiger partial charge in [0.05, 0.1) is 24.9 Å². The second-order valence-corrected chi connectivity index (χ2v) is 9.28. The van der Waals surface area contributed by atoms with Crippen molar-refractivity contribution in [2.75, 3.05) is 13.7 Å². The van der Waals surface area contributed by atoms with Crippen molar-refractivity contribution in [3.05, 3.63) is 89.0 Å². The van der Waals surface area contributed by atoms with Gasteiger partial charge in [0.2, 0.25) is 0 Å². The molecule has 3 aromatic rings. The summed E-state index contributed by atoms with van der Waals surface area (Å²) in [6.07, 6.45) is 6.18. The van der Waals surface area contributed by atoms with Crippen LogP contribution in [0.1, 0.15) is 49.4 Å². The standard InChI is InChI=1S/C31H32O6/c1-5-17-35-23-12-13-24(28(19-23)36-20-21-9-7-6-8-10-21)26(30(33)34-4)18-22-11-14-27-25(29(22)32)15-16-31(2,3)37-27/h6-16,18-19,32H,5,17,20H2,1-4H3/b26-18-. The summed E-state index contributed by atoms with van der Waals surface area (Å²) in [6, 6.07) is 18.6. The lowest BCUT2D eigenvalue weighted by atomic mass is 9.97. The van der Waals surface area contributed by atoms with E-state index < -0.39 is 11.6 Å². The SMILES string of the molecule is CCCOc1ccc(/C(=C/c2ccc3c(c2O)C=CC(C)(C)O3)C(=O)OC)c(OCc2ccccc2)c1. The Morgan fingerprint density at radius 2 is 1.84 bits per heavy atom. The van der Waals surface area contributed by atoms with Crippen LogP contribution in [0.3, 0.4) is 0 Å². The number of phenolic OH excluding ortho intramolecular Hbond substituents is 1. The number of carbonyl (C=O) groups is 1. The van der Waals surface area contributed by atoms with Crippen LogP contribution in [0.15, 0.2) is 66.7 Å². The first-order valence-corrected chi connectivity index (χ1v) is 12.3. The summed E-state index contributed by atoms with van der Waals surface area (Å²) in [5, 5.41) is 11.0. The molecule has 0 fully saturated rings. The van der Waals surface area contributed by atoms with Gasteiger partial charge in [-0.25, -0.2) is 4.79 Å². The van der Waals surface area contributed by atoms with Gasteiger partial charge in [-0.2, -0.15) is 0 Å². The van der Waals surface area contributed by atoms with Crippen molar-refractivity contribution in [2.45, 2.75) is 39.4 Å². The molecule has 1 heterocycles. The summed E-state index contributed by atoms with van der Waals surface area (Å²) in [5.41, 5.74) is 2.29. The Kier molecular flexibility index (Phi) is 7.87. The lowest BCUT2D eigenvalue weighted by Crippen LogP contribution is -2.27. The van der Waals surface area contributed by atoms with Crippen molar-refractivity contribution in [1.82, 2.24) is 0 Å². The number of methoxy groups -OCH3 is 1. The number of fused-ring (bicyclic) bond motifs is 1. The molecule has 0 unspecified atom stereocenters. The fraction of sp³-hybridized carbons (Fsp3) is 0.258. The van der Waals surface area contributed by atoms with Gasteiger partial charge >= 0.3 is 5.97 Å². The second-order valence-electron chi connectivity index (χ2n) is 9.28. The zero-order chi connectivity index (χ0) is 26.4. The molecule has 0 amide bonds. The van der Waals surface area contributed by atoms with E-state index in [0.29, 0.717) is 47.2 Å². The molecule has 0 bridgehead atoms. The van der Waals surface area contributed by atoms with Crippen LogP contribution in [0.2, 0.25) is 0 Å². The van der Waals surface area contributed by atoms with Crippen LogP contribution in [0.25, 0.3) is 17.7 Å². The molecule has 0 saturated heterocycles. The second kappa shape index (κ2) is 11.2. The summed E-state index contributed by atoms with van der Waals surface area (Å²) in [7, 11) is 1.32. The number of aromatic hydroxyl groups is 1. The van der Waals surface area contributed by atoms with Gasteiger partial charge in [0, 0.05) is 17.2 Å². The maximum Gasteiger partial charge on any atom is 0.338 e. The van der Waals surface area contributed by atoms with Gasteiger partial charge in [-0.1, -0.05) is 37.3 Å². The van der Waals surface area contributed by atoms with E-state index in [9.17, 15) is 9.90 Å². The molecule has 0 aliphatic carbocycles. The number of carbonyl (C=O) groups excluding carboxylic acids is 1. The van der Waals surface area contributed by atoms with Crippen LogP contribution in [0.4, 0.5) is 0 Å². The van der Waals surface area contributed by atoms with Crippen LogP contribution in [0, 0.1) is 0 Å². The average molecular weight is 501 g/mol. The van der Waals surface area contributed by atoms with E-state index in [1.54, 1.807) is 36.4 Å². The molecular formula is C31H32O6. The van der Waals surface area contributed by atoms with Crippen LogP contribution in [-0.4, -0.2) is 30.4 Å². The largest absolute Gasteiger partial charge is 0.507 e. The monoisotopic (exact) mass is 500 g/mol. The van der Waals surface area contributed by atoms with Crippen LogP contribution < -0.4 is 14.2 Å². The third-order valence-corrected chi connectivity index (χ3v) is 5.89. The molecule has 37 heavy (non-hydrogen) atoms. The molecule has 6 heteroatoms. The fourth-order valence-corrected chi connectivity index (χ4v) is 3.98. The van der Waals surface area contributed by atoms with Crippen molar-refractivity contribution in [2.24, 2.45) is 0 Å². The predicted molar refractivity (Wildman–Crippen MR) is 145 cm³/mol. The first kappa shape index (κ1) is 25.9. The smallest absolute Gasteiger partial charge is 0.338 e. The molecule has 3 aromatic carbocycles. The first-order chi connectivity index (χ1) is 17.8. The summed E-state index contributed by atoms with van der Waals surface area (Å²) in [6.45, 7) is 6.79. The number of esters is 1. The number of rotatable bonds is 9. The van der Waals surface area contributed by atoms with Gasteiger partial charge in [0.1, 0.15) is 35.2 Å². The van der Waals surface area contributed by atoms with Gasteiger partial charge in [-0.15, -0.1) is 0 Å². The first-order valence-electron chi connectivity index (χ1n) is 12.3. The average Bonchev–Trinajstić information content (AvgIpc) is 2.90. The highest BCUT2D eigenvalue weighted by atomic mass is 16.5. The molecule has 0 aromatic heterocycles. The van der Waals surface area contributed by atoms with Crippen molar-refractivity contribution in [1.29, 1.82) is 0 Å². The molecule has 1 N–H and O–H groups in total. The number of benzene rings is 3. The van der Waals surface area contributed by atoms with Gasteiger partial charge in [0.15, 0.2) is 0 Å². The third kappa shape index (κ3) is 6.15. The van der Waals surface area contributed by atoms with E-state index in [1.165, 1.54) is 7.11 Å². The Labute approximate surface area is 217 Å². The van der Waals surface area contributed by atoms with Crippen LogP contribution in [0.5, 0.6) is 23.0 Å². The van der Waals surface area contributed by atoms with Crippen molar-refractivity contribution in [3.8, 4) is 23.0 Å². The number of phenols is 1. The highest BCUT2D eigenvalue weighted by molar-refractivity contribution is 6.22. The minimum atomic E-state index is -0.558. The lowest BCUT2D eigenvalue weighted by molar-refractivity contribution is -0.133. The zero-order valence-corrected chi connectivity index (χ0v) is 21.6. The van der Waals surface area contributed by atoms with Crippen molar-refractivity contribution >= 4 is 23.7 Å². The molecular weight excluding hydrogens is 468 g/mol.